The van der Waals surface area contributed by atoms with Gasteiger partial charge in [-0.1, -0.05) is 0 Å². The second kappa shape index (κ2) is 3.13. The van der Waals surface area contributed by atoms with Gasteiger partial charge in [-0.2, -0.15) is 0 Å². The highest BCUT2D eigenvalue weighted by atomic mass is 16.5. The fourth-order valence-electron chi connectivity index (χ4n) is 1.76. The summed E-state index contributed by atoms with van der Waals surface area (Å²) in [4.78, 5) is 11.3. The topological polar surface area (TPSA) is 57.2 Å². The molecule has 0 spiro atoms. The first kappa shape index (κ1) is 9.27. The van der Waals surface area contributed by atoms with Gasteiger partial charge < -0.3 is 15.0 Å². The van der Waals surface area contributed by atoms with Crippen LogP contribution in [0.2, 0.25) is 0 Å². The summed E-state index contributed by atoms with van der Waals surface area (Å²) in [7, 11) is 3.25. The van der Waals surface area contributed by atoms with E-state index in [-0.39, 0.29) is 12.0 Å². The molecular weight excluding hydrogens is 180 g/mol. The summed E-state index contributed by atoms with van der Waals surface area (Å²) in [5.41, 5.74) is 7.46. The van der Waals surface area contributed by atoms with E-state index < -0.39 is 0 Å². The van der Waals surface area contributed by atoms with E-state index in [1.165, 1.54) is 7.11 Å². The maximum atomic E-state index is 11.3. The number of hydrogen-bond acceptors (Lipinski definition) is 3. The predicted octanol–water partition coefficient (Wildman–Crippen LogP) is 0.626. The van der Waals surface area contributed by atoms with E-state index in [1.54, 1.807) is 6.07 Å². The highest BCUT2D eigenvalue weighted by Gasteiger charge is 2.37. The van der Waals surface area contributed by atoms with E-state index >= 15 is 0 Å². The Morgan fingerprint density at radius 2 is 2.29 bits per heavy atom. The van der Waals surface area contributed by atoms with Gasteiger partial charge in [-0.05, 0) is 18.6 Å². The normalized spacial score (nSPS) is 24.8. The van der Waals surface area contributed by atoms with Crippen LogP contribution < -0.4 is 5.73 Å². The van der Waals surface area contributed by atoms with Gasteiger partial charge in [0, 0.05) is 24.7 Å². The Kier molecular flexibility index (Phi) is 2.07. The number of carbonyl (C=O) groups is 1. The van der Waals surface area contributed by atoms with Crippen LogP contribution in [0.5, 0.6) is 0 Å². The summed E-state index contributed by atoms with van der Waals surface area (Å²) in [6, 6.07) is 3.99. The lowest BCUT2D eigenvalue weighted by Crippen LogP contribution is -2.10. The monoisotopic (exact) mass is 194 g/mol. The molecule has 0 aliphatic heterocycles. The van der Waals surface area contributed by atoms with Crippen LogP contribution in [0, 0.1) is 0 Å². The molecule has 0 bridgehead atoms. The molecule has 1 aromatic heterocycles. The molecule has 1 heterocycles. The van der Waals surface area contributed by atoms with Crippen molar-refractivity contribution in [1.82, 2.24) is 4.57 Å². The Labute approximate surface area is 82.6 Å². The van der Waals surface area contributed by atoms with E-state index in [0.29, 0.717) is 11.6 Å². The molecule has 0 aromatic carbocycles. The zero-order valence-electron chi connectivity index (χ0n) is 8.36. The minimum Gasteiger partial charge on any atom is -0.464 e. The Morgan fingerprint density at radius 1 is 1.64 bits per heavy atom. The number of esters is 1. The molecule has 1 aromatic rings. The molecule has 2 unspecified atom stereocenters. The molecule has 1 aliphatic rings. The predicted molar refractivity (Wildman–Crippen MR) is 52.1 cm³/mol. The Hall–Kier alpha value is -1.29. The number of nitrogens with zero attached hydrogens (tertiary/aromatic N) is 1. The van der Waals surface area contributed by atoms with Crippen molar-refractivity contribution in [2.75, 3.05) is 7.11 Å². The third-order valence-electron chi connectivity index (χ3n) is 2.77. The fourth-order valence-corrected chi connectivity index (χ4v) is 1.76. The largest absolute Gasteiger partial charge is 0.464 e. The first-order valence-electron chi connectivity index (χ1n) is 4.64. The van der Waals surface area contributed by atoms with Crippen LogP contribution in [0.1, 0.15) is 28.5 Å². The van der Waals surface area contributed by atoms with Crippen LogP contribution in [0.15, 0.2) is 12.1 Å². The number of ether oxygens (including phenoxy) is 1. The Morgan fingerprint density at radius 3 is 2.79 bits per heavy atom. The summed E-state index contributed by atoms with van der Waals surface area (Å²) in [6.07, 6.45) is 1.01. The number of hydrogen-bond donors (Lipinski definition) is 1. The molecule has 1 saturated carbocycles. The summed E-state index contributed by atoms with van der Waals surface area (Å²) in [5, 5.41) is 0. The Bertz CT molecular complexity index is 370. The maximum absolute atomic E-state index is 11.3. The van der Waals surface area contributed by atoms with Crippen molar-refractivity contribution < 1.29 is 9.53 Å². The molecule has 4 heteroatoms. The van der Waals surface area contributed by atoms with Crippen molar-refractivity contribution in [3.05, 3.63) is 23.5 Å². The van der Waals surface area contributed by atoms with E-state index in [0.717, 1.165) is 12.1 Å². The molecule has 4 nitrogen and oxygen atoms in total. The van der Waals surface area contributed by atoms with E-state index in [9.17, 15) is 4.79 Å². The first-order chi connectivity index (χ1) is 6.65. The van der Waals surface area contributed by atoms with Crippen LogP contribution in [0.3, 0.4) is 0 Å². The molecule has 0 radical (unpaired) electrons. The maximum Gasteiger partial charge on any atom is 0.354 e. The smallest absolute Gasteiger partial charge is 0.354 e. The molecule has 2 atom stereocenters. The molecular formula is C10H14N2O2. The summed E-state index contributed by atoms with van der Waals surface area (Å²) in [6.45, 7) is 0. The van der Waals surface area contributed by atoms with Gasteiger partial charge in [-0.25, -0.2) is 4.79 Å². The van der Waals surface area contributed by atoms with Crippen LogP contribution in [0.4, 0.5) is 0 Å². The highest BCUT2D eigenvalue weighted by molar-refractivity contribution is 5.87. The third kappa shape index (κ3) is 1.32. The number of aromatic nitrogens is 1. The van der Waals surface area contributed by atoms with Crippen molar-refractivity contribution in [2.45, 2.75) is 18.4 Å². The van der Waals surface area contributed by atoms with E-state index in [4.69, 9.17) is 5.73 Å². The van der Waals surface area contributed by atoms with Crippen molar-refractivity contribution in [1.29, 1.82) is 0 Å². The summed E-state index contributed by atoms with van der Waals surface area (Å²) >= 11 is 0. The molecule has 2 rings (SSSR count). The van der Waals surface area contributed by atoms with Crippen LogP contribution in [-0.2, 0) is 11.8 Å². The van der Waals surface area contributed by atoms with Crippen molar-refractivity contribution in [3.8, 4) is 0 Å². The lowest BCUT2D eigenvalue weighted by molar-refractivity contribution is 0.0589. The van der Waals surface area contributed by atoms with Gasteiger partial charge in [0.2, 0.25) is 0 Å². The number of nitrogens with two attached hydrogens (primary N) is 1. The van der Waals surface area contributed by atoms with E-state index in [1.807, 2.05) is 17.7 Å². The van der Waals surface area contributed by atoms with Gasteiger partial charge in [0.05, 0.1) is 7.11 Å². The van der Waals surface area contributed by atoms with Gasteiger partial charge in [-0.15, -0.1) is 0 Å². The van der Waals surface area contributed by atoms with Gasteiger partial charge in [0.15, 0.2) is 0 Å². The number of carbonyl (C=O) groups excluding carboxylic acids is 1. The van der Waals surface area contributed by atoms with Crippen LogP contribution in [0.25, 0.3) is 0 Å². The fraction of sp³-hybridized carbons (Fsp3) is 0.500. The SMILES string of the molecule is COC(=O)c1ccc(C2CC2N)n1C. The standard InChI is InChI=1S/C10H14N2O2/c1-12-8(6-5-7(6)11)3-4-9(12)10(13)14-2/h3-4,6-7H,5,11H2,1-2H3. The molecule has 0 amide bonds. The third-order valence-corrected chi connectivity index (χ3v) is 2.77. The minimum atomic E-state index is -0.298. The van der Waals surface area contributed by atoms with Crippen molar-refractivity contribution in [2.24, 2.45) is 12.8 Å². The average molecular weight is 194 g/mol. The number of rotatable bonds is 2. The molecule has 76 valence electrons. The van der Waals surface area contributed by atoms with Crippen LogP contribution in [-0.4, -0.2) is 23.7 Å². The first-order valence-corrected chi connectivity index (χ1v) is 4.64. The van der Waals surface area contributed by atoms with Gasteiger partial charge >= 0.3 is 5.97 Å². The molecule has 2 N–H and O–H groups in total. The molecule has 1 aliphatic carbocycles. The number of methoxy groups -OCH3 is 1. The van der Waals surface area contributed by atoms with E-state index in [2.05, 4.69) is 4.74 Å². The zero-order chi connectivity index (χ0) is 10.3. The molecule has 14 heavy (non-hydrogen) atoms. The minimum absolute atomic E-state index is 0.258. The van der Waals surface area contributed by atoms with Crippen molar-refractivity contribution in [3.63, 3.8) is 0 Å². The lowest BCUT2D eigenvalue weighted by Gasteiger charge is -2.05. The van der Waals surface area contributed by atoms with Gasteiger partial charge in [0.25, 0.3) is 0 Å². The Balaban J connectivity index is 2.28. The molecule has 1 fully saturated rings. The zero-order valence-corrected chi connectivity index (χ0v) is 8.36. The quantitative estimate of drug-likeness (QED) is 0.702. The molecule has 0 saturated heterocycles. The van der Waals surface area contributed by atoms with Gasteiger partial charge in [-0.3, -0.25) is 0 Å². The second-order valence-corrected chi connectivity index (χ2v) is 3.70. The van der Waals surface area contributed by atoms with Gasteiger partial charge in [0.1, 0.15) is 5.69 Å². The summed E-state index contributed by atoms with van der Waals surface area (Å²) < 4.78 is 6.53. The highest BCUT2D eigenvalue weighted by Crippen LogP contribution is 2.39. The van der Waals surface area contributed by atoms with Crippen LogP contribution >= 0.6 is 0 Å². The van der Waals surface area contributed by atoms with Crippen molar-refractivity contribution >= 4 is 5.97 Å². The average Bonchev–Trinajstić information content (AvgIpc) is 2.75. The lowest BCUT2D eigenvalue weighted by atomic mass is 10.3. The summed E-state index contributed by atoms with van der Waals surface area (Å²) in [5.74, 6) is 0.117. The second-order valence-electron chi connectivity index (χ2n) is 3.70.